The number of rotatable bonds is 3. The van der Waals surface area contributed by atoms with Crippen LogP contribution in [-0.2, 0) is 0 Å². The smallest absolute Gasteiger partial charge is 0.519 e. The minimum Gasteiger partial charge on any atom is -0.519 e. The summed E-state index contributed by atoms with van der Waals surface area (Å²) < 4.78 is 12.3. The molecule has 0 unspecified atom stereocenters. The molecule has 3 rings (SSSR count). The van der Waals surface area contributed by atoms with Gasteiger partial charge >= 0.3 is 7.12 Å². The zero-order chi connectivity index (χ0) is 15.9. The van der Waals surface area contributed by atoms with Crippen molar-refractivity contribution in [2.45, 2.75) is 46.5 Å². The fourth-order valence-electron chi connectivity index (χ4n) is 3.11. The molecule has 0 spiro atoms. The molecule has 0 radical (unpaired) electrons. The molecule has 2 aromatic carbocycles. The van der Waals surface area contributed by atoms with Crippen molar-refractivity contribution >= 4 is 12.6 Å². The van der Waals surface area contributed by atoms with Gasteiger partial charge in [-0.25, -0.2) is 0 Å². The number of hydrogen-bond acceptors (Lipinski definition) is 2. The summed E-state index contributed by atoms with van der Waals surface area (Å²) in [6.45, 7) is 10.9. The van der Waals surface area contributed by atoms with Crippen LogP contribution in [0, 0.1) is 6.92 Å². The van der Waals surface area contributed by atoms with Gasteiger partial charge in [0.1, 0.15) is 11.5 Å². The van der Waals surface area contributed by atoms with Gasteiger partial charge in [0, 0.05) is 5.46 Å². The van der Waals surface area contributed by atoms with E-state index in [9.17, 15) is 0 Å². The third-order valence-electron chi connectivity index (χ3n) is 4.29. The molecule has 0 bridgehead atoms. The zero-order valence-corrected chi connectivity index (χ0v) is 14.0. The average molecular weight is 294 g/mol. The SMILES string of the molecule is Cc1cccc2c1OB(c1c(C(C)C)cccc1C(C)C)O2. The molecule has 2 aromatic rings. The molecule has 0 aliphatic carbocycles. The number of para-hydroxylation sites is 1. The van der Waals surface area contributed by atoms with E-state index in [1.165, 1.54) is 16.6 Å². The van der Waals surface area contributed by atoms with Crippen LogP contribution < -0.4 is 14.8 Å². The van der Waals surface area contributed by atoms with Crippen LogP contribution in [0.5, 0.6) is 11.5 Å². The summed E-state index contributed by atoms with van der Waals surface area (Å²) in [5, 5.41) is 0. The van der Waals surface area contributed by atoms with Gasteiger partial charge in [-0.1, -0.05) is 58.0 Å². The van der Waals surface area contributed by atoms with E-state index in [0.29, 0.717) is 11.8 Å². The first-order valence-electron chi connectivity index (χ1n) is 8.04. The topological polar surface area (TPSA) is 18.5 Å². The van der Waals surface area contributed by atoms with Crippen molar-refractivity contribution < 1.29 is 9.31 Å². The van der Waals surface area contributed by atoms with E-state index in [0.717, 1.165) is 17.1 Å². The van der Waals surface area contributed by atoms with Gasteiger partial charge < -0.3 is 9.31 Å². The van der Waals surface area contributed by atoms with Crippen LogP contribution in [0.4, 0.5) is 0 Å². The lowest BCUT2D eigenvalue weighted by Crippen LogP contribution is -2.44. The van der Waals surface area contributed by atoms with Crippen LogP contribution in [-0.4, -0.2) is 7.12 Å². The molecule has 3 heteroatoms. The number of aryl methyl sites for hydroxylation is 1. The summed E-state index contributed by atoms with van der Waals surface area (Å²) in [5.74, 6) is 2.59. The van der Waals surface area contributed by atoms with E-state index in [1.807, 2.05) is 12.1 Å². The number of fused-ring (bicyclic) bond motifs is 1. The minimum atomic E-state index is -0.341. The molecular formula is C19H23BO2. The Bertz CT molecular complexity index is 666. The highest BCUT2D eigenvalue weighted by Crippen LogP contribution is 2.37. The van der Waals surface area contributed by atoms with Gasteiger partial charge in [0.05, 0.1) is 0 Å². The van der Waals surface area contributed by atoms with Crippen LogP contribution in [0.15, 0.2) is 36.4 Å². The Morgan fingerprint density at radius 3 is 1.95 bits per heavy atom. The maximum absolute atomic E-state index is 6.18. The van der Waals surface area contributed by atoms with E-state index < -0.39 is 0 Å². The Hall–Kier alpha value is -1.90. The van der Waals surface area contributed by atoms with Crippen molar-refractivity contribution in [2.75, 3.05) is 0 Å². The lowest BCUT2D eigenvalue weighted by molar-refractivity contribution is 0.515. The molecule has 0 saturated carbocycles. The van der Waals surface area contributed by atoms with E-state index >= 15 is 0 Å². The van der Waals surface area contributed by atoms with Crippen LogP contribution in [0.2, 0.25) is 0 Å². The standard InChI is InChI=1S/C19H23BO2/c1-12(2)15-9-7-10-16(13(3)4)18(15)20-21-17-11-6-8-14(5)19(17)22-20/h6-13H,1-5H3. The second-order valence-corrected chi connectivity index (χ2v) is 6.63. The number of hydrogen-bond donors (Lipinski definition) is 0. The van der Waals surface area contributed by atoms with E-state index in [-0.39, 0.29) is 7.12 Å². The van der Waals surface area contributed by atoms with E-state index in [2.05, 4.69) is 58.9 Å². The van der Waals surface area contributed by atoms with Gasteiger partial charge in [0.25, 0.3) is 0 Å². The van der Waals surface area contributed by atoms with Crippen LogP contribution in [0.3, 0.4) is 0 Å². The Labute approximate surface area is 133 Å². The molecule has 114 valence electrons. The summed E-state index contributed by atoms with van der Waals surface area (Å²) in [6.07, 6.45) is 0. The average Bonchev–Trinajstić information content (AvgIpc) is 2.91. The predicted octanol–water partition coefficient (Wildman–Crippen LogP) is 4.41. The zero-order valence-electron chi connectivity index (χ0n) is 14.0. The Balaban J connectivity index is 2.08. The van der Waals surface area contributed by atoms with Crippen LogP contribution in [0.1, 0.15) is 56.2 Å². The highest BCUT2D eigenvalue weighted by molar-refractivity contribution is 6.64. The fraction of sp³-hybridized carbons (Fsp3) is 0.368. The van der Waals surface area contributed by atoms with Gasteiger partial charge in [0.15, 0.2) is 0 Å². The Kier molecular flexibility index (Phi) is 3.90. The maximum Gasteiger partial charge on any atom is 0.633 e. The van der Waals surface area contributed by atoms with Gasteiger partial charge in [-0.15, -0.1) is 0 Å². The van der Waals surface area contributed by atoms with Crippen molar-refractivity contribution in [3.8, 4) is 11.5 Å². The van der Waals surface area contributed by atoms with Crippen LogP contribution in [0.25, 0.3) is 0 Å². The van der Waals surface area contributed by atoms with Crippen molar-refractivity contribution in [3.63, 3.8) is 0 Å². The van der Waals surface area contributed by atoms with Gasteiger partial charge in [0.2, 0.25) is 0 Å². The second-order valence-electron chi connectivity index (χ2n) is 6.63. The minimum absolute atomic E-state index is 0.341. The van der Waals surface area contributed by atoms with E-state index in [1.54, 1.807) is 0 Å². The molecule has 1 aliphatic rings. The first-order valence-corrected chi connectivity index (χ1v) is 8.04. The summed E-state index contributed by atoms with van der Waals surface area (Å²) in [6, 6.07) is 12.6. The van der Waals surface area contributed by atoms with Crippen molar-refractivity contribution in [1.82, 2.24) is 0 Å². The molecule has 2 nitrogen and oxygen atoms in total. The third-order valence-corrected chi connectivity index (χ3v) is 4.29. The highest BCUT2D eigenvalue weighted by Gasteiger charge is 2.39. The lowest BCUT2D eigenvalue weighted by Gasteiger charge is -2.20. The van der Waals surface area contributed by atoms with Crippen molar-refractivity contribution in [2.24, 2.45) is 0 Å². The Morgan fingerprint density at radius 2 is 1.41 bits per heavy atom. The second kappa shape index (κ2) is 5.71. The molecule has 0 aromatic heterocycles. The fourth-order valence-corrected chi connectivity index (χ4v) is 3.11. The highest BCUT2D eigenvalue weighted by atomic mass is 16.6. The normalized spacial score (nSPS) is 13.3. The maximum atomic E-state index is 6.18. The van der Waals surface area contributed by atoms with E-state index in [4.69, 9.17) is 9.31 Å². The summed E-state index contributed by atoms with van der Waals surface area (Å²) in [5.41, 5.74) is 4.93. The summed E-state index contributed by atoms with van der Waals surface area (Å²) >= 11 is 0. The van der Waals surface area contributed by atoms with Crippen LogP contribution >= 0.6 is 0 Å². The van der Waals surface area contributed by atoms with Gasteiger partial charge in [-0.3, -0.25) is 0 Å². The van der Waals surface area contributed by atoms with Crippen molar-refractivity contribution in [1.29, 1.82) is 0 Å². The summed E-state index contributed by atoms with van der Waals surface area (Å²) in [7, 11) is -0.341. The molecule has 0 atom stereocenters. The first kappa shape index (κ1) is 15.0. The lowest BCUT2D eigenvalue weighted by atomic mass is 9.69. The third kappa shape index (κ3) is 2.49. The largest absolute Gasteiger partial charge is 0.633 e. The van der Waals surface area contributed by atoms with Crippen molar-refractivity contribution in [3.05, 3.63) is 53.1 Å². The summed E-state index contributed by atoms with van der Waals surface area (Å²) in [4.78, 5) is 0. The molecular weight excluding hydrogens is 271 g/mol. The molecule has 0 N–H and O–H groups in total. The quantitative estimate of drug-likeness (QED) is 0.781. The predicted molar refractivity (Wildman–Crippen MR) is 92.4 cm³/mol. The van der Waals surface area contributed by atoms with Gasteiger partial charge in [-0.05, 0) is 41.5 Å². The molecule has 0 saturated heterocycles. The number of benzene rings is 2. The Morgan fingerprint density at radius 1 is 0.818 bits per heavy atom. The molecule has 1 heterocycles. The molecule has 22 heavy (non-hydrogen) atoms. The monoisotopic (exact) mass is 294 g/mol. The molecule has 0 fully saturated rings. The first-order chi connectivity index (χ1) is 10.5. The molecule has 1 aliphatic heterocycles. The molecule has 0 amide bonds. The van der Waals surface area contributed by atoms with Gasteiger partial charge in [-0.2, -0.15) is 0 Å².